The van der Waals surface area contributed by atoms with Gasteiger partial charge in [-0.05, 0) is 30.4 Å². The summed E-state index contributed by atoms with van der Waals surface area (Å²) in [6.45, 7) is 8.23. The molecule has 2 heteroatoms. The Hall–Kier alpha value is -2.35. The molecule has 0 aliphatic carbocycles. The van der Waals surface area contributed by atoms with Crippen molar-refractivity contribution in [3.63, 3.8) is 0 Å². The number of rotatable bonds is 27. The van der Waals surface area contributed by atoms with E-state index in [1.165, 1.54) is 152 Å². The first-order valence-electron chi connectivity index (χ1n) is 19.3. The Morgan fingerprint density at radius 2 is 1.04 bits per heavy atom. The molecule has 2 nitrogen and oxygen atoms in total. The average molecular weight is 613 g/mol. The third-order valence-corrected chi connectivity index (χ3v) is 10.3. The smallest absolute Gasteiger partial charge is 0.112 e. The van der Waals surface area contributed by atoms with Gasteiger partial charge in [0, 0.05) is 30.3 Å². The van der Waals surface area contributed by atoms with Crippen molar-refractivity contribution in [2.75, 3.05) is 0 Å². The minimum Gasteiger partial charge on any atom is -0.335 e. The molecule has 0 spiro atoms. The van der Waals surface area contributed by atoms with Crippen LogP contribution in [0.1, 0.15) is 178 Å². The fraction of sp³-hybridized carbons (Fsp3) is 0.651. The summed E-state index contributed by atoms with van der Waals surface area (Å²) >= 11 is 0. The Labute approximate surface area is 278 Å². The van der Waals surface area contributed by atoms with E-state index in [1.54, 1.807) is 0 Å². The van der Waals surface area contributed by atoms with Gasteiger partial charge in [0.25, 0.3) is 0 Å². The van der Waals surface area contributed by atoms with E-state index in [4.69, 9.17) is 4.98 Å². The maximum Gasteiger partial charge on any atom is 0.112 e. The summed E-state index contributed by atoms with van der Waals surface area (Å²) in [6.07, 6.45) is 34.2. The fourth-order valence-corrected chi connectivity index (χ4v) is 7.42. The molecule has 2 unspecified atom stereocenters. The van der Waals surface area contributed by atoms with Crippen LogP contribution in [-0.4, -0.2) is 9.55 Å². The molecule has 0 bridgehead atoms. The van der Waals surface area contributed by atoms with Crippen LogP contribution >= 0.6 is 0 Å². The van der Waals surface area contributed by atoms with Gasteiger partial charge in [0.15, 0.2) is 0 Å². The molecule has 0 aliphatic rings. The van der Waals surface area contributed by atoms with E-state index in [9.17, 15) is 0 Å². The van der Waals surface area contributed by atoms with E-state index in [-0.39, 0.29) is 5.41 Å². The van der Waals surface area contributed by atoms with Gasteiger partial charge in [-0.1, -0.05) is 203 Å². The number of nitrogens with zero attached hydrogens (tertiary/aromatic N) is 2. The highest BCUT2D eigenvalue weighted by molar-refractivity contribution is 5.33. The molecule has 0 N–H and O–H groups in total. The predicted molar refractivity (Wildman–Crippen MR) is 197 cm³/mol. The van der Waals surface area contributed by atoms with Gasteiger partial charge in [-0.15, -0.1) is 0 Å². The topological polar surface area (TPSA) is 17.8 Å². The Balaban J connectivity index is 1.63. The van der Waals surface area contributed by atoms with Crippen LogP contribution in [0.2, 0.25) is 0 Å². The first kappa shape index (κ1) is 37.1. The summed E-state index contributed by atoms with van der Waals surface area (Å²) in [5, 5.41) is 0. The molecule has 0 amide bonds. The van der Waals surface area contributed by atoms with Gasteiger partial charge >= 0.3 is 0 Å². The highest BCUT2D eigenvalue weighted by atomic mass is 15.1. The van der Waals surface area contributed by atoms with Crippen LogP contribution in [0.15, 0.2) is 73.1 Å². The summed E-state index contributed by atoms with van der Waals surface area (Å²) in [4.78, 5) is 5.14. The van der Waals surface area contributed by atoms with Gasteiger partial charge < -0.3 is 4.57 Å². The van der Waals surface area contributed by atoms with Crippen molar-refractivity contribution < 1.29 is 0 Å². The zero-order chi connectivity index (χ0) is 31.8. The molecule has 2 atom stereocenters. The second-order valence-corrected chi connectivity index (χ2v) is 14.1. The van der Waals surface area contributed by atoms with Crippen LogP contribution in [0.25, 0.3) is 0 Å². The van der Waals surface area contributed by atoms with Gasteiger partial charge in [0.1, 0.15) is 5.82 Å². The van der Waals surface area contributed by atoms with Crippen molar-refractivity contribution in [1.82, 2.24) is 9.55 Å². The quantitative estimate of drug-likeness (QED) is 0.0783. The molecule has 3 aromatic rings. The molecule has 0 saturated carbocycles. The Kier molecular flexibility index (Phi) is 19.0. The molecule has 3 rings (SSSR count). The van der Waals surface area contributed by atoms with E-state index in [2.05, 4.69) is 98.4 Å². The lowest BCUT2D eigenvalue weighted by molar-refractivity contribution is 0.321. The van der Waals surface area contributed by atoms with E-state index in [0.29, 0.717) is 5.92 Å². The summed E-state index contributed by atoms with van der Waals surface area (Å²) in [5.74, 6) is 1.69. The van der Waals surface area contributed by atoms with Gasteiger partial charge in [0.05, 0.1) is 0 Å². The highest BCUT2D eigenvalue weighted by Crippen LogP contribution is 2.44. The first-order chi connectivity index (χ1) is 22.2. The lowest BCUT2D eigenvalue weighted by Crippen LogP contribution is -2.35. The maximum absolute atomic E-state index is 5.14. The predicted octanol–water partition coefficient (Wildman–Crippen LogP) is 13.4. The molecular weight excluding hydrogens is 544 g/mol. The number of unbranched alkanes of at least 4 members (excludes halogenated alkanes) is 18. The summed E-state index contributed by atoms with van der Waals surface area (Å²) < 4.78 is 2.53. The van der Waals surface area contributed by atoms with Crippen LogP contribution in [0, 0.1) is 0 Å². The molecule has 0 radical (unpaired) electrons. The minimum atomic E-state index is -0.0244. The SMILES string of the molecule is CCCCCCCCCCCCCCn1ccnc1C(CCCCCCCCCC)C(C)(Cc1ccccc1)c1ccccc1. The number of aryl methyl sites for hydroxylation is 1. The minimum absolute atomic E-state index is 0.0244. The largest absolute Gasteiger partial charge is 0.335 e. The zero-order valence-electron chi connectivity index (χ0n) is 29.7. The molecule has 1 aromatic heterocycles. The number of imidazole rings is 1. The van der Waals surface area contributed by atoms with Gasteiger partial charge in [0.2, 0.25) is 0 Å². The van der Waals surface area contributed by atoms with E-state index >= 15 is 0 Å². The summed E-state index contributed by atoms with van der Waals surface area (Å²) in [6, 6.07) is 22.5. The van der Waals surface area contributed by atoms with Crippen molar-refractivity contribution in [2.24, 2.45) is 0 Å². The van der Waals surface area contributed by atoms with Crippen LogP contribution in [-0.2, 0) is 18.4 Å². The molecule has 1 heterocycles. The third kappa shape index (κ3) is 13.9. The average Bonchev–Trinajstić information content (AvgIpc) is 3.53. The highest BCUT2D eigenvalue weighted by Gasteiger charge is 2.39. The fourth-order valence-electron chi connectivity index (χ4n) is 7.42. The maximum atomic E-state index is 5.14. The van der Waals surface area contributed by atoms with Crippen LogP contribution in [0.5, 0.6) is 0 Å². The molecular formula is C43H68N2. The number of hydrogen-bond donors (Lipinski definition) is 0. The van der Waals surface area contributed by atoms with Crippen LogP contribution in [0.4, 0.5) is 0 Å². The van der Waals surface area contributed by atoms with Crippen molar-refractivity contribution in [1.29, 1.82) is 0 Å². The molecule has 45 heavy (non-hydrogen) atoms. The molecule has 0 aliphatic heterocycles. The Bertz CT molecular complexity index is 1090. The van der Waals surface area contributed by atoms with Gasteiger partial charge in [-0.25, -0.2) is 4.98 Å². The standard InChI is InChI=1S/C43H68N2/c1-4-6-8-10-12-14-15-16-17-19-21-29-36-45-37-35-44-42(45)41(34-28-20-18-13-11-9-7-5-2)43(3,40-32-26-23-27-33-40)38-39-30-24-22-25-31-39/h22-27,30-33,35,37,41H,4-21,28-29,34,36,38H2,1-3H3. The number of benzene rings is 2. The Morgan fingerprint density at radius 1 is 0.578 bits per heavy atom. The van der Waals surface area contributed by atoms with E-state index in [0.717, 1.165) is 13.0 Å². The second kappa shape index (κ2) is 23.0. The zero-order valence-corrected chi connectivity index (χ0v) is 29.7. The molecule has 2 aromatic carbocycles. The van der Waals surface area contributed by atoms with Crippen molar-refractivity contribution in [2.45, 2.75) is 180 Å². The number of hydrogen-bond acceptors (Lipinski definition) is 1. The van der Waals surface area contributed by atoms with Crippen molar-refractivity contribution >= 4 is 0 Å². The first-order valence-corrected chi connectivity index (χ1v) is 19.3. The van der Waals surface area contributed by atoms with Crippen LogP contribution < -0.4 is 0 Å². The molecule has 250 valence electrons. The lowest BCUT2D eigenvalue weighted by atomic mass is 9.66. The lowest BCUT2D eigenvalue weighted by Gasteiger charge is -2.39. The summed E-state index contributed by atoms with van der Waals surface area (Å²) in [7, 11) is 0. The molecule has 0 fully saturated rings. The second-order valence-electron chi connectivity index (χ2n) is 14.1. The molecule has 0 saturated heterocycles. The Morgan fingerprint density at radius 3 is 1.58 bits per heavy atom. The third-order valence-electron chi connectivity index (χ3n) is 10.3. The van der Waals surface area contributed by atoms with Crippen molar-refractivity contribution in [3.05, 3.63) is 90.0 Å². The normalized spacial score (nSPS) is 13.6. The van der Waals surface area contributed by atoms with E-state index < -0.39 is 0 Å². The number of aromatic nitrogens is 2. The summed E-state index contributed by atoms with van der Waals surface area (Å²) in [5.41, 5.74) is 2.84. The van der Waals surface area contributed by atoms with E-state index in [1.807, 2.05) is 0 Å². The van der Waals surface area contributed by atoms with Crippen LogP contribution in [0.3, 0.4) is 0 Å². The van der Waals surface area contributed by atoms with Gasteiger partial charge in [-0.3, -0.25) is 0 Å². The monoisotopic (exact) mass is 613 g/mol. The van der Waals surface area contributed by atoms with Gasteiger partial charge in [-0.2, -0.15) is 0 Å². The van der Waals surface area contributed by atoms with Crippen molar-refractivity contribution in [3.8, 4) is 0 Å².